The smallest absolute Gasteiger partial charge is 0.406 e. The highest BCUT2D eigenvalue weighted by atomic mass is 32.2. The highest BCUT2D eigenvalue weighted by molar-refractivity contribution is 7.98. The summed E-state index contributed by atoms with van der Waals surface area (Å²) < 4.78 is 49.4. The Bertz CT molecular complexity index is 1460. The summed E-state index contributed by atoms with van der Waals surface area (Å²) in [6, 6.07) is 3.91. The number of thioether (sulfide) groups is 1. The van der Waals surface area contributed by atoms with Gasteiger partial charge < -0.3 is 24.7 Å². The van der Waals surface area contributed by atoms with Gasteiger partial charge in [-0.2, -0.15) is 22.1 Å². The summed E-state index contributed by atoms with van der Waals surface area (Å²) in [5, 5.41) is 17.4. The van der Waals surface area contributed by atoms with Crippen LogP contribution < -0.4 is 10.8 Å². The molecule has 2 aromatic rings. The van der Waals surface area contributed by atoms with Crippen LogP contribution in [-0.4, -0.2) is 88.7 Å². The first-order valence-corrected chi connectivity index (χ1v) is 17.8. The molecule has 0 aromatic carbocycles. The van der Waals surface area contributed by atoms with E-state index in [0.29, 0.717) is 11.3 Å². The van der Waals surface area contributed by atoms with Crippen molar-refractivity contribution in [2.75, 3.05) is 38.1 Å². The number of anilines is 1. The molecule has 2 aromatic heterocycles. The van der Waals surface area contributed by atoms with Gasteiger partial charge in [0, 0.05) is 12.9 Å². The summed E-state index contributed by atoms with van der Waals surface area (Å²) in [6.07, 6.45) is -0.715. The third kappa shape index (κ3) is 10.6. The van der Waals surface area contributed by atoms with Crippen LogP contribution in [0.2, 0.25) is 0 Å². The van der Waals surface area contributed by atoms with Crippen LogP contribution >= 0.6 is 19.5 Å². The van der Waals surface area contributed by atoms with Crippen LogP contribution in [0.4, 0.5) is 5.82 Å². The van der Waals surface area contributed by atoms with Gasteiger partial charge in [-0.3, -0.25) is 23.4 Å². The average molecular weight is 701 g/mol. The van der Waals surface area contributed by atoms with Crippen LogP contribution in [0.1, 0.15) is 60.3 Å². The van der Waals surface area contributed by atoms with E-state index in [1.807, 2.05) is 12.3 Å². The molecule has 2 unspecified atom stereocenters. The Morgan fingerprint density at radius 3 is 2.23 bits per heavy atom. The summed E-state index contributed by atoms with van der Waals surface area (Å²) in [5.41, 5.74) is 4.26. The number of fused-ring (bicyclic) bond motifs is 1. The van der Waals surface area contributed by atoms with Gasteiger partial charge in [0.2, 0.25) is 5.60 Å². The number of carbonyl (C=O) groups excluding carboxylic acids is 3. The number of esters is 3. The van der Waals surface area contributed by atoms with Crippen LogP contribution in [0.5, 0.6) is 0 Å². The molecule has 0 radical (unpaired) electrons. The van der Waals surface area contributed by atoms with Crippen molar-refractivity contribution in [2.45, 2.75) is 78.4 Å². The number of hydrogen-bond donors (Lipinski definition) is 2. The summed E-state index contributed by atoms with van der Waals surface area (Å²) in [7, 11) is -3.23. The van der Waals surface area contributed by atoms with Crippen molar-refractivity contribution in [1.29, 1.82) is 5.26 Å². The molecule has 16 nitrogen and oxygen atoms in total. The molecule has 0 saturated heterocycles. The normalized spacial score (nSPS) is 16.2. The molecule has 2 rings (SSSR count). The van der Waals surface area contributed by atoms with E-state index in [1.54, 1.807) is 47.6 Å². The molecule has 0 amide bonds. The monoisotopic (exact) mass is 700 g/mol. The van der Waals surface area contributed by atoms with Crippen molar-refractivity contribution >= 4 is 48.8 Å². The first-order chi connectivity index (χ1) is 22.0. The summed E-state index contributed by atoms with van der Waals surface area (Å²) in [4.78, 5) is 42.8. The minimum Gasteiger partial charge on any atom is -0.462 e. The number of aromatic nitrogens is 3. The molecule has 0 saturated carbocycles. The molecule has 0 fully saturated rings. The Kier molecular flexibility index (Phi) is 15.1. The van der Waals surface area contributed by atoms with Crippen molar-refractivity contribution in [3.8, 4) is 6.07 Å². The highest BCUT2D eigenvalue weighted by Gasteiger charge is 2.52. The Morgan fingerprint density at radius 2 is 1.68 bits per heavy atom. The number of hydrogen-bond acceptors (Lipinski definition) is 15. The molecular weight excluding hydrogens is 655 g/mol. The Labute approximate surface area is 278 Å². The van der Waals surface area contributed by atoms with Gasteiger partial charge in [0.1, 0.15) is 30.6 Å². The number of carbonyl (C=O) groups is 3. The number of nitrogen functional groups attached to an aromatic ring is 1. The minimum absolute atomic E-state index is 0.0540. The maximum Gasteiger partial charge on any atom is 0.406 e. The summed E-state index contributed by atoms with van der Waals surface area (Å²) >= 11 is 1.41. The quantitative estimate of drug-likeness (QED) is 0.0928. The van der Waals surface area contributed by atoms with Gasteiger partial charge in [-0.25, -0.2) is 19.2 Å². The van der Waals surface area contributed by atoms with Crippen molar-refractivity contribution in [1.82, 2.24) is 19.7 Å². The van der Waals surface area contributed by atoms with E-state index >= 15 is 0 Å². The van der Waals surface area contributed by atoms with Crippen LogP contribution in [0, 0.1) is 23.2 Å². The van der Waals surface area contributed by atoms with E-state index in [0.717, 1.165) is 7.11 Å². The topological polar surface area (TPSA) is 216 Å². The molecule has 3 N–H and O–H groups in total. The predicted molar refractivity (Wildman–Crippen MR) is 173 cm³/mol. The van der Waals surface area contributed by atoms with Crippen molar-refractivity contribution in [2.24, 2.45) is 11.8 Å². The molecule has 0 aliphatic carbocycles. The number of rotatable bonds is 19. The molecule has 18 heteroatoms. The fourth-order valence-corrected chi connectivity index (χ4v) is 5.82. The Morgan fingerprint density at radius 1 is 1.04 bits per heavy atom. The van der Waals surface area contributed by atoms with Crippen LogP contribution in [0.15, 0.2) is 18.5 Å². The molecule has 2 heterocycles. The lowest BCUT2D eigenvalue weighted by atomic mass is 9.92. The fourth-order valence-electron chi connectivity index (χ4n) is 3.95. The highest BCUT2D eigenvalue weighted by Crippen LogP contribution is 2.47. The molecule has 47 heavy (non-hydrogen) atoms. The lowest BCUT2D eigenvalue weighted by Crippen LogP contribution is -2.53. The zero-order valence-electron chi connectivity index (χ0n) is 28.1. The van der Waals surface area contributed by atoms with E-state index < -0.39 is 74.1 Å². The van der Waals surface area contributed by atoms with Crippen molar-refractivity contribution in [3.05, 3.63) is 24.2 Å². The summed E-state index contributed by atoms with van der Waals surface area (Å²) in [5.74, 6) is -2.99. The maximum absolute atomic E-state index is 14.0. The first kappa shape index (κ1) is 39.9. The number of nitrogens with zero attached hydrogens (tertiary/aromatic N) is 4. The molecule has 0 aliphatic heterocycles. The van der Waals surface area contributed by atoms with Crippen molar-refractivity contribution in [3.63, 3.8) is 0 Å². The predicted octanol–water partition coefficient (Wildman–Crippen LogP) is 3.46. The van der Waals surface area contributed by atoms with Crippen LogP contribution in [0.3, 0.4) is 0 Å². The van der Waals surface area contributed by atoms with Gasteiger partial charge in [0.25, 0.3) is 0 Å². The largest absolute Gasteiger partial charge is 0.462 e. The van der Waals surface area contributed by atoms with Crippen molar-refractivity contribution < 1.29 is 46.9 Å². The van der Waals surface area contributed by atoms with Gasteiger partial charge in [-0.1, -0.05) is 27.7 Å². The van der Waals surface area contributed by atoms with E-state index in [-0.39, 0.29) is 18.1 Å². The Balaban J connectivity index is 2.70. The first-order valence-electron chi connectivity index (χ1n) is 14.9. The molecular formula is C29H45N6O10PS. The molecule has 262 valence electrons. The SMILES string of the molecule is COC(C#N)(COP(=O)(N[C@@H](C)C(=O)OC(C)C)OCCSC)[C@@H](OC(=O)C(C)C)[C@@H](OC(=O)C(C)C)c1ccc2c(N)ncnn12. The van der Waals surface area contributed by atoms with E-state index in [4.69, 9.17) is 33.7 Å². The second kappa shape index (κ2) is 17.8. The molecule has 0 spiro atoms. The van der Waals surface area contributed by atoms with E-state index in [2.05, 4.69) is 15.2 Å². The third-order valence-electron chi connectivity index (χ3n) is 6.57. The maximum atomic E-state index is 14.0. The van der Waals surface area contributed by atoms with Gasteiger partial charge in [0.05, 0.1) is 30.2 Å². The number of nitrogens with two attached hydrogens (primary N) is 1. The summed E-state index contributed by atoms with van der Waals surface area (Å²) in [6.45, 7) is 10.2. The zero-order chi connectivity index (χ0) is 35.5. The van der Waals surface area contributed by atoms with Gasteiger partial charge in [-0.15, -0.1) is 0 Å². The molecule has 0 bridgehead atoms. The minimum atomic E-state index is -4.38. The lowest BCUT2D eigenvalue weighted by molar-refractivity contribution is -0.197. The van der Waals surface area contributed by atoms with Crippen LogP contribution in [-0.2, 0) is 46.9 Å². The number of nitriles is 1. The van der Waals surface area contributed by atoms with Gasteiger partial charge >= 0.3 is 25.7 Å². The number of ether oxygens (including phenoxy) is 4. The second-order valence-electron chi connectivity index (χ2n) is 11.4. The zero-order valence-corrected chi connectivity index (χ0v) is 29.8. The Hall–Kier alpha value is -3.26. The van der Waals surface area contributed by atoms with Gasteiger partial charge in [0.15, 0.2) is 18.0 Å². The lowest BCUT2D eigenvalue weighted by Gasteiger charge is -2.38. The third-order valence-corrected chi connectivity index (χ3v) is 8.84. The van der Waals surface area contributed by atoms with Gasteiger partial charge in [-0.05, 0) is 39.2 Å². The molecule has 5 atom stereocenters. The molecule has 0 aliphatic rings. The van der Waals surface area contributed by atoms with E-state index in [9.17, 15) is 24.2 Å². The second-order valence-corrected chi connectivity index (χ2v) is 14.1. The number of nitrogens with one attached hydrogen (secondary N) is 1. The van der Waals surface area contributed by atoms with E-state index in [1.165, 1.54) is 35.6 Å². The fraction of sp³-hybridized carbons (Fsp3) is 0.655. The number of methoxy groups -OCH3 is 1. The van der Waals surface area contributed by atoms with Crippen LogP contribution in [0.25, 0.3) is 5.52 Å². The standard InChI is InChI=1S/C29H45N6O10PS/c1-17(2)26(36)44-23(21-10-11-22-25(31)32-16-33-35(21)22)24(45-27(37)18(3)4)29(14-30,40-8)15-42-46(39,41-12-13-47-9)34-20(7)28(38)43-19(5)6/h10-11,16-20,23-24H,12-13,15H2,1-9H3,(H,34,39)(H2,31,32,33)/t20-,23-,24-,29?,46?/m0/s1. The average Bonchev–Trinajstić information content (AvgIpc) is 3.44.